The monoisotopic (exact) mass is 285 g/mol. The van der Waals surface area contributed by atoms with Gasteiger partial charge in [0, 0.05) is 11.1 Å². The molecule has 0 spiro atoms. The Bertz CT molecular complexity index is 527. The maximum Gasteiger partial charge on any atom is 0.129 e. The summed E-state index contributed by atoms with van der Waals surface area (Å²) in [4.78, 5) is 16.0. The van der Waals surface area contributed by atoms with Gasteiger partial charge in [-0.3, -0.25) is 0 Å². The van der Waals surface area contributed by atoms with E-state index in [1.165, 1.54) is 11.3 Å². The molecule has 0 saturated heterocycles. The summed E-state index contributed by atoms with van der Waals surface area (Å²) in [6.45, 7) is 0. The average molecular weight is 286 g/mol. The second-order valence-corrected chi connectivity index (χ2v) is 5.71. The Kier molecular flexibility index (Phi) is 4.15. The number of carbonyl (C=O) groups excluding carboxylic acids is 1. The van der Waals surface area contributed by atoms with Gasteiger partial charge >= 0.3 is 0 Å². The first-order valence-corrected chi connectivity index (χ1v) is 6.57. The van der Waals surface area contributed by atoms with Crippen LogP contribution in [0, 0.1) is 0 Å². The number of hydrogen-bond acceptors (Lipinski definition) is 3. The van der Waals surface area contributed by atoms with Gasteiger partial charge in [0.05, 0.1) is 10.3 Å². The van der Waals surface area contributed by atoms with Crippen molar-refractivity contribution in [1.82, 2.24) is 4.98 Å². The lowest BCUT2D eigenvalue weighted by Crippen LogP contribution is -2.02. The average Bonchev–Trinajstić information content (AvgIpc) is 2.73. The van der Waals surface area contributed by atoms with Gasteiger partial charge in [0.15, 0.2) is 0 Å². The number of halogens is 2. The Morgan fingerprint density at radius 1 is 1.35 bits per heavy atom. The predicted octanol–water partition coefficient (Wildman–Crippen LogP) is 3.98. The molecule has 0 N–H and O–H groups in total. The second-order valence-electron chi connectivity index (χ2n) is 3.58. The van der Waals surface area contributed by atoms with Crippen molar-refractivity contribution in [2.24, 2.45) is 0 Å². The zero-order valence-corrected chi connectivity index (χ0v) is 11.1. The minimum atomic E-state index is -0.175. The van der Waals surface area contributed by atoms with Gasteiger partial charge in [-0.15, -0.1) is 11.3 Å². The predicted molar refractivity (Wildman–Crippen MR) is 71.1 cm³/mol. The molecule has 2 rings (SSSR count). The van der Waals surface area contributed by atoms with Gasteiger partial charge in [-0.2, -0.15) is 0 Å². The summed E-state index contributed by atoms with van der Waals surface area (Å²) >= 11 is 13.1. The van der Waals surface area contributed by atoms with Gasteiger partial charge in [-0.05, 0) is 36.2 Å². The van der Waals surface area contributed by atoms with Gasteiger partial charge in [0.25, 0.3) is 0 Å². The SMILES string of the molecule is O=CC(Cc1ccnc(Cl)c1)c1ccc(Cl)s1. The fourth-order valence-electron chi connectivity index (χ4n) is 1.57. The first-order valence-electron chi connectivity index (χ1n) is 5.00. The number of aromatic nitrogens is 1. The quantitative estimate of drug-likeness (QED) is 0.628. The number of hydrogen-bond donors (Lipinski definition) is 0. The number of thiophene rings is 1. The van der Waals surface area contributed by atoms with Gasteiger partial charge in [-0.25, -0.2) is 4.98 Å². The summed E-state index contributed by atoms with van der Waals surface area (Å²) in [5.74, 6) is -0.175. The van der Waals surface area contributed by atoms with Gasteiger partial charge in [0.2, 0.25) is 0 Å². The fourth-order valence-corrected chi connectivity index (χ4v) is 2.88. The Morgan fingerprint density at radius 2 is 2.18 bits per heavy atom. The van der Waals surface area contributed by atoms with Crippen molar-refractivity contribution in [2.75, 3.05) is 0 Å². The smallest absolute Gasteiger partial charge is 0.129 e. The summed E-state index contributed by atoms with van der Waals surface area (Å²) in [6.07, 6.45) is 3.19. The van der Waals surface area contributed by atoms with Crippen LogP contribution in [-0.2, 0) is 11.2 Å². The molecular formula is C12H9Cl2NOS. The molecular weight excluding hydrogens is 277 g/mol. The molecule has 17 heavy (non-hydrogen) atoms. The first-order chi connectivity index (χ1) is 8.19. The Labute approximate surface area is 113 Å². The van der Waals surface area contributed by atoms with Crippen LogP contribution in [0.3, 0.4) is 0 Å². The van der Waals surface area contributed by atoms with Crippen molar-refractivity contribution < 1.29 is 4.79 Å². The van der Waals surface area contributed by atoms with E-state index in [-0.39, 0.29) is 5.92 Å². The van der Waals surface area contributed by atoms with E-state index in [2.05, 4.69) is 4.98 Å². The molecule has 2 aromatic heterocycles. The Hall–Kier alpha value is -0.900. The zero-order chi connectivity index (χ0) is 12.3. The molecule has 2 nitrogen and oxygen atoms in total. The number of carbonyl (C=O) groups is 1. The maximum absolute atomic E-state index is 11.1. The molecule has 0 bridgehead atoms. The van der Waals surface area contributed by atoms with E-state index in [0.717, 1.165) is 16.7 Å². The minimum absolute atomic E-state index is 0.175. The molecule has 0 aromatic carbocycles. The van der Waals surface area contributed by atoms with Crippen molar-refractivity contribution in [1.29, 1.82) is 0 Å². The summed E-state index contributed by atoms with van der Waals surface area (Å²) < 4.78 is 0.694. The second kappa shape index (κ2) is 5.63. The largest absolute Gasteiger partial charge is 0.303 e. The van der Waals surface area contributed by atoms with Crippen molar-refractivity contribution in [3.05, 3.63) is 50.4 Å². The highest BCUT2D eigenvalue weighted by Gasteiger charge is 2.14. The summed E-state index contributed by atoms with van der Waals surface area (Å²) in [5, 5.41) is 0.441. The minimum Gasteiger partial charge on any atom is -0.303 e. The third-order valence-electron chi connectivity index (χ3n) is 2.37. The van der Waals surface area contributed by atoms with E-state index in [9.17, 15) is 4.79 Å². The number of nitrogens with zero attached hydrogens (tertiary/aromatic N) is 1. The molecule has 0 amide bonds. The van der Waals surface area contributed by atoms with Crippen LogP contribution in [0.4, 0.5) is 0 Å². The summed E-state index contributed by atoms with van der Waals surface area (Å²) in [7, 11) is 0. The van der Waals surface area contributed by atoms with Crippen LogP contribution in [0.1, 0.15) is 16.4 Å². The van der Waals surface area contributed by atoms with Crippen LogP contribution < -0.4 is 0 Å². The highest BCUT2D eigenvalue weighted by molar-refractivity contribution is 7.16. The third-order valence-corrected chi connectivity index (χ3v) is 3.94. The van der Waals surface area contributed by atoms with E-state index >= 15 is 0 Å². The normalized spacial score (nSPS) is 12.4. The molecule has 2 heterocycles. The molecule has 5 heteroatoms. The van der Waals surface area contributed by atoms with E-state index in [1.807, 2.05) is 12.1 Å². The van der Waals surface area contributed by atoms with Crippen molar-refractivity contribution in [3.63, 3.8) is 0 Å². The van der Waals surface area contributed by atoms with Crippen LogP contribution in [0.25, 0.3) is 0 Å². The van der Waals surface area contributed by atoms with Crippen LogP contribution >= 0.6 is 34.5 Å². The fraction of sp³-hybridized carbons (Fsp3) is 0.167. The molecule has 0 saturated carbocycles. The van der Waals surface area contributed by atoms with E-state index < -0.39 is 0 Å². The molecule has 0 fully saturated rings. The highest BCUT2D eigenvalue weighted by Crippen LogP contribution is 2.29. The molecule has 1 unspecified atom stereocenters. The topological polar surface area (TPSA) is 30.0 Å². The van der Waals surface area contributed by atoms with Gasteiger partial charge in [-0.1, -0.05) is 23.2 Å². The van der Waals surface area contributed by atoms with Crippen LogP contribution in [0.5, 0.6) is 0 Å². The summed E-state index contributed by atoms with van der Waals surface area (Å²) in [6, 6.07) is 7.32. The van der Waals surface area contributed by atoms with Crippen LogP contribution in [-0.4, -0.2) is 11.3 Å². The van der Waals surface area contributed by atoms with Crippen LogP contribution in [0.15, 0.2) is 30.5 Å². The standard InChI is InChI=1S/C12H9Cl2NOS/c13-11-6-8(3-4-15-11)5-9(7-16)10-1-2-12(14)17-10/h1-4,6-7,9H,5H2. The lowest BCUT2D eigenvalue weighted by molar-refractivity contribution is -0.109. The number of rotatable bonds is 4. The molecule has 0 aliphatic heterocycles. The lowest BCUT2D eigenvalue weighted by Gasteiger charge is -2.07. The Balaban J connectivity index is 2.18. The van der Waals surface area contributed by atoms with E-state index in [0.29, 0.717) is 15.9 Å². The number of pyridine rings is 1. The van der Waals surface area contributed by atoms with Gasteiger partial charge < -0.3 is 4.79 Å². The first kappa shape index (κ1) is 12.6. The molecule has 88 valence electrons. The van der Waals surface area contributed by atoms with Crippen LogP contribution in [0.2, 0.25) is 9.49 Å². The molecule has 1 atom stereocenters. The van der Waals surface area contributed by atoms with Crippen molar-refractivity contribution in [3.8, 4) is 0 Å². The van der Waals surface area contributed by atoms with E-state index in [1.54, 1.807) is 18.3 Å². The van der Waals surface area contributed by atoms with E-state index in [4.69, 9.17) is 23.2 Å². The molecule has 0 aliphatic rings. The Morgan fingerprint density at radius 3 is 2.76 bits per heavy atom. The zero-order valence-electron chi connectivity index (χ0n) is 8.77. The molecule has 0 aliphatic carbocycles. The summed E-state index contributed by atoms with van der Waals surface area (Å²) in [5.41, 5.74) is 0.992. The molecule has 2 aromatic rings. The lowest BCUT2D eigenvalue weighted by atomic mass is 10.0. The third kappa shape index (κ3) is 3.28. The maximum atomic E-state index is 11.1. The number of aldehydes is 1. The van der Waals surface area contributed by atoms with Gasteiger partial charge in [0.1, 0.15) is 11.4 Å². The van der Waals surface area contributed by atoms with Crippen molar-refractivity contribution >= 4 is 40.8 Å². The van der Waals surface area contributed by atoms with Crippen molar-refractivity contribution in [2.45, 2.75) is 12.3 Å². The highest BCUT2D eigenvalue weighted by atomic mass is 35.5. The molecule has 0 radical (unpaired) electrons.